The number of hydrazone groups is 1. The van der Waals surface area contributed by atoms with Gasteiger partial charge in [-0.25, -0.2) is 9.59 Å². The van der Waals surface area contributed by atoms with E-state index in [4.69, 9.17) is 23.7 Å². The van der Waals surface area contributed by atoms with Crippen molar-refractivity contribution < 1.29 is 48.2 Å². The Morgan fingerprint density at radius 3 is 2.41 bits per heavy atom. The summed E-state index contributed by atoms with van der Waals surface area (Å²) in [7, 11) is 2.60. The molecule has 0 radical (unpaired) electrons. The second kappa shape index (κ2) is 15.9. The number of nitrogens with zero attached hydrogens (tertiary/aromatic N) is 3. The number of nitro groups is 2. The molecule has 258 valence electrons. The van der Waals surface area contributed by atoms with Gasteiger partial charge in [-0.2, -0.15) is 5.10 Å². The van der Waals surface area contributed by atoms with Gasteiger partial charge in [-0.1, -0.05) is 6.07 Å². The molecule has 3 aromatic rings. The van der Waals surface area contributed by atoms with E-state index >= 15 is 0 Å². The summed E-state index contributed by atoms with van der Waals surface area (Å²) in [5.74, 6) is 0.0333. The van der Waals surface area contributed by atoms with Gasteiger partial charge in [0.2, 0.25) is 5.75 Å². The quantitative estimate of drug-likeness (QED) is 0.0588. The minimum Gasteiger partial charge on any atom is -0.493 e. The summed E-state index contributed by atoms with van der Waals surface area (Å²) in [6.45, 7) is 3.39. The van der Waals surface area contributed by atoms with E-state index < -0.39 is 45.5 Å². The molecule has 1 aliphatic heterocycles. The number of nitrogens with one attached hydrogen (secondary N) is 3. The zero-order chi connectivity index (χ0) is 35.7. The normalized spacial score (nSPS) is 14.7. The third-order valence-electron chi connectivity index (χ3n) is 6.87. The summed E-state index contributed by atoms with van der Waals surface area (Å²) in [6.07, 6.45) is 0.101. The van der Waals surface area contributed by atoms with Gasteiger partial charge in [-0.05, 0) is 61.4 Å². The molecule has 2 amide bonds. The van der Waals surface area contributed by atoms with Gasteiger partial charge < -0.3 is 39.4 Å². The lowest BCUT2D eigenvalue weighted by Crippen LogP contribution is -2.45. The number of amides is 2. The van der Waals surface area contributed by atoms with E-state index in [1.165, 1.54) is 32.6 Å². The van der Waals surface area contributed by atoms with Crippen LogP contribution in [0.4, 0.5) is 16.2 Å². The lowest BCUT2D eigenvalue weighted by atomic mass is 9.95. The molecule has 0 spiro atoms. The molecule has 1 heterocycles. The van der Waals surface area contributed by atoms with Crippen LogP contribution in [0.5, 0.6) is 28.7 Å². The van der Waals surface area contributed by atoms with Crippen LogP contribution in [0.1, 0.15) is 31.0 Å². The number of nitro benzene ring substituents is 2. The van der Waals surface area contributed by atoms with Crippen LogP contribution < -0.4 is 35.0 Å². The van der Waals surface area contributed by atoms with Crippen molar-refractivity contribution in [1.29, 1.82) is 0 Å². The first-order valence-corrected chi connectivity index (χ1v) is 14.5. The van der Waals surface area contributed by atoms with E-state index in [0.717, 1.165) is 18.2 Å². The van der Waals surface area contributed by atoms with Crippen molar-refractivity contribution in [3.63, 3.8) is 0 Å². The zero-order valence-corrected chi connectivity index (χ0v) is 26.6. The number of rotatable bonds is 15. The van der Waals surface area contributed by atoms with Gasteiger partial charge in [-0.3, -0.25) is 25.7 Å². The Bertz CT molecular complexity index is 1810. The average Bonchev–Trinajstić information content (AvgIpc) is 3.07. The first-order chi connectivity index (χ1) is 23.4. The van der Waals surface area contributed by atoms with Crippen LogP contribution in [0.25, 0.3) is 0 Å². The molecule has 4 N–H and O–H groups in total. The first kappa shape index (κ1) is 35.4. The number of aliphatic hydroxyl groups is 1. The summed E-state index contributed by atoms with van der Waals surface area (Å²) >= 11 is 0. The predicted octanol–water partition coefficient (Wildman–Crippen LogP) is 3.82. The van der Waals surface area contributed by atoms with Gasteiger partial charge in [-0.15, -0.1) is 0 Å². The van der Waals surface area contributed by atoms with E-state index in [9.17, 15) is 34.9 Å². The second-order valence-corrected chi connectivity index (χ2v) is 10.1. The Kier molecular flexibility index (Phi) is 11.5. The number of non-ortho nitro benzene ring substituents is 1. The minimum atomic E-state index is -1.27. The molecule has 4 rings (SSSR count). The smallest absolute Gasteiger partial charge is 0.337 e. The van der Waals surface area contributed by atoms with Gasteiger partial charge >= 0.3 is 17.7 Å². The third kappa shape index (κ3) is 8.69. The molecule has 0 saturated heterocycles. The van der Waals surface area contributed by atoms with Gasteiger partial charge in [0, 0.05) is 11.8 Å². The number of carbonyl (C=O) groups is 2. The maximum absolute atomic E-state index is 12.4. The SMILES string of the molecule is CCOc1cc([C@@H]2NC(=O)NC(C)=C2C(=O)OC)ccc1OC[C@@H](O)N/N=C\c1ccc(Oc2ccc([N+](=O)[O-])cc2[N+](=O)[O-])c(OC)c1. The van der Waals surface area contributed by atoms with Crippen molar-refractivity contribution in [2.24, 2.45) is 5.10 Å². The molecular formula is C31H32N6O12. The second-order valence-electron chi connectivity index (χ2n) is 10.1. The number of allylic oxidation sites excluding steroid dienone is 1. The number of methoxy groups -OCH3 is 2. The first-order valence-electron chi connectivity index (χ1n) is 14.5. The lowest BCUT2D eigenvalue weighted by molar-refractivity contribution is -0.394. The Morgan fingerprint density at radius 1 is 1.00 bits per heavy atom. The van der Waals surface area contributed by atoms with Crippen LogP contribution in [0, 0.1) is 20.2 Å². The summed E-state index contributed by atoms with van der Waals surface area (Å²) in [5, 5.41) is 42.2. The number of ether oxygens (including phenoxy) is 5. The topological polar surface area (TPSA) is 235 Å². The Balaban J connectivity index is 1.41. The number of hydrogen-bond acceptors (Lipinski definition) is 14. The van der Waals surface area contributed by atoms with E-state index in [1.807, 2.05) is 0 Å². The van der Waals surface area contributed by atoms with Gasteiger partial charge in [0.15, 0.2) is 29.2 Å². The maximum Gasteiger partial charge on any atom is 0.337 e. The van der Waals surface area contributed by atoms with Crippen LogP contribution in [0.2, 0.25) is 0 Å². The highest BCUT2D eigenvalue weighted by Crippen LogP contribution is 2.38. The number of carbonyl (C=O) groups excluding carboxylic acids is 2. The number of aliphatic hydroxyl groups excluding tert-OH is 1. The van der Waals surface area contributed by atoms with Crippen molar-refractivity contribution in [1.82, 2.24) is 16.1 Å². The number of hydrogen-bond donors (Lipinski definition) is 4. The van der Waals surface area contributed by atoms with Crippen molar-refractivity contribution in [3.05, 3.63) is 97.2 Å². The molecule has 0 aliphatic carbocycles. The summed E-state index contributed by atoms with van der Waals surface area (Å²) < 4.78 is 27.3. The average molecular weight is 681 g/mol. The zero-order valence-electron chi connectivity index (χ0n) is 26.6. The minimum absolute atomic E-state index is 0.101. The monoisotopic (exact) mass is 680 g/mol. The number of urea groups is 1. The highest BCUT2D eigenvalue weighted by Gasteiger charge is 2.32. The molecule has 18 heteroatoms. The fraction of sp³-hybridized carbons (Fsp3) is 0.258. The Labute approximate surface area is 278 Å². The molecule has 49 heavy (non-hydrogen) atoms. The molecule has 2 atom stereocenters. The molecule has 0 bridgehead atoms. The Morgan fingerprint density at radius 2 is 1.73 bits per heavy atom. The Hall–Kier alpha value is -6.43. The molecule has 18 nitrogen and oxygen atoms in total. The number of benzene rings is 3. The van der Waals surface area contributed by atoms with Crippen molar-refractivity contribution in [2.75, 3.05) is 27.4 Å². The molecule has 3 aromatic carbocycles. The highest BCUT2D eigenvalue weighted by molar-refractivity contribution is 5.95. The van der Waals surface area contributed by atoms with Gasteiger partial charge in [0.05, 0.1) is 54.6 Å². The van der Waals surface area contributed by atoms with Gasteiger partial charge in [0.25, 0.3) is 5.69 Å². The van der Waals surface area contributed by atoms with E-state index in [2.05, 4.69) is 21.2 Å². The molecule has 0 saturated carbocycles. The fourth-order valence-electron chi connectivity index (χ4n) is 4.64. The molecule has 0 fully saturated rings. The largest absolute Gasteiger partial charge is 0.493 e. The van der Waals surface area contributed by atoms with Crippen LogP contribution in [-0.4, -0.2) is 66.8 Å². The fourth-order valence-corrected chi connectivity index (χ4v) is 4.64. The van der Waals surface area contributed by atoms with E-state index in [1.54, 1.807) is 38.1 Å². The molecule has 0 unspecified atom stereocenters. The highest BCUT2D eigenvalue weighted by atomic mass is 16.6. The summed E-state index contributed by atoms with van der Waals surface area (Å²) in [6, 6.07) is 11.1. The van der Waals surface area contributed by atoms with E-state index in [0.29, 0.717) is 22.6 Å². The van der Waals surface area contributed by atoms with Crippen LogP contribution in [0.3, 0.4) is 0 Å². The van der Waals surface area contributed by atoms with Crippen molar-refractivity contribution in [2.45, 2.75) is 26.1 Å². The third-order valence-corrected chi connectivity index (χ3v) is 6.87. The van der Waals surface area contributed by atoms with Crippen LogP contribution >= 0.6 is 0 Å². The van der Waals surface area contributed by atoms with Crippen LogP contribution in [0.15, 0.2) is 71.0 Å². The molecule has 1 aliphatic rings. The van der Waals surface area contributed by atoms with E-state index in [-0.39, 0.29) is 41.8 Å². The summed E-state index contributed by atoms with van der Waals surface area (Å²) in [5.41, 5.74) is 3.08. The lowest BCUT2D eigenvalue weighted by Gasteiger charge is -2.28. The predicted molar refractivity (Wildman–Crippen MR) is 172 cm³/mol. The van der Waals surface area contributed by atoms with Crippen molar-refractivity contribution in [3.8, 4) is 28.7 Å². The molecule has 0 aromatic heterocycles. The summed E-state index contributed by atoms with van der Waals surface area (Å²) in [4.78, 5) is 45.5. The maximum atomic E-state index is 12.4. The number of esters is 1. The van der Waals surface area contributed by atoms with Crippen LogP contribution in [-0.2, 0) is 9.53 Å². The van der Waals surface area contributed by atoms with Gasteiger partial charge in [0.1, 0.15) is 6.61 Å². The van der Waals surface area contributed by atoms with Crippen molar-refractivity contribution >= 4 is 29.6 Å². The standard InChI is InChI=1S/C31H32N6O12/c1-5-47-26-13-19(29-28(30(39)46-4)17(2)33-31(40)34-29)7-10-23(26)48-16-27(38)35-32-15-18-6-9-24(25(12-18)45-3)49-22-11-8-20(36(41)42)14-21(22)37(43)44/h6-15,27,29,35,38H,5,16H2,1-4H3,(H2,33,34,40)/b32-15-/t27-,29+/m1/s1. The molecular weight excluding hydrogens is 648 g/mol.